The highest BCUT2D eigenvalue weighted by molar-refractivity contribution is 6.00. The van der Waals surface area contributed by atoms with E-state index >= 15 is 0 Å². The molecule has 1 amide bonds. The summed E-state index contributed by atoms with van der Waals surface area (Å²) in [6.07, 6.45) is 9.70. The van der Waals surface area contributed by atoms with Gasteiger partial charge in [-0.15, -0.1) is 0 Å². The number of aromatic amines is 1. The summed E-state index contributed by atoms with van der Waals surface area (Å²) in [7, 11) is 0. The van der Waals surface area contributed by atoms with Crippen LogP contribution in [0.5, 0.6) is 0 Å². The molecule has 2 aliphatic rings. The fraction of sp³-hybridized carbons (Fsp3) is 0.500. The highest BCUT2D eigenvalue weighted by atomic mass is 16.2. The van der Waals surface area contributed by atoms with Gasteiger partial charge in [0.15, 0.2) is 0 Å². The van der Waals surface area contributed by atoms with Crippen LogP contribution in [0.1, 0.15) is 31.7 Å². The van der Waals surface area contributed by atoms with Crippen LogP contribution in [0.15, 0.2) is 24.8 Å². The van der Waals surface area contributed by atoms with Gasteiger partial charge in [-0.25, -0.2) is 9.97 Å². The Morgan fingerprint density at radius 1 is 1.20 bits per heavy atom. The van der Waals surface area contributed by atoms with E-state index in [2.05, 4.69) is 30.9 Å². The first-order valence-electron chi connectivity index (χ1n) is 9.12. The van der Waals surface area contributed by atoms with E-state index in [1.54, 1.807) is 0 Å². The highest BCUT2D eigenvalue weighted by Crippen LogP contribution is 2.30. The van der Waals surface area contributed by atoms with Gasteiger partial charge >= 0.3 is 0 Å². The van der Waals surface area contributed by atoms with Crippen molar-refractivity contribution in [2.24, 2.45) is 0 Å². The number of H-pyrrole nitrogens is 1. The van der Waals surface area contributed by atoms with Gasteiger partial charge in [0.25, 0.3) is 0 Å². The first-order chi connectivity index (χ1) is 12.3. The molecule has 130 valence electrons. The van der Waals surface area contributed by atoms with Crippen molar-refractivity contribution in [3.63, 3.8) is 0 Å². The molecule has 5 rings (SSSR count). The van der Waals surface area contributed by atoms with Crippen molar-refractivity contribution >= 4 is 28.0 Å². The maximum absolute atomic E-state index is 12.6. The lowest BCUT2D eigenvalue weighted by atomic mass is 10.0. The van der Waals surface area contributed by atoms with Crippen LogP contribution in [0, 0.1) is 0 Å². The van der Waals surface area contributed by atoms with Gasteiger partial charge in [0, 0.05) is 30.7 Å². The molecule has 0 bridgehead atoms. The van der Waals surface area contributed by atoms with Crippen LogP contribution in [-0.4, -0.2) is 56.0 Å². The SMILES string of the molecule is O=C(C1CCCN1)N1CCC(n2cnc3cnc4[nH]ccc4c32)CC1. The zero-order valence-electron chi connectivity index (χ0n) is 14.1. The first kappa shape index (κ1) is 14.9. The zero-order valence-corrected chi connectivity index (χ0v) is 14.1. The fourth-order valence-electron chi connectivity index (χ4n) is 4.29. The van der Waals surface area contributed by atoms with E-state index in [9.17, 15) is 4.79 Å². The molecular weight excluding hydrogens is 316 g/mol. The molecule has 3 aromatic heterocycles. The standard InChI is InChI=1S/C18H22N6O/c25-18(14-2-1-6-19-14)23-8-4-12(5-9-23)24-11-22-15-10-21-17-13(16(15)24)3-7-20-17/h3,7,10-12,14,19H,1-2,4-6,8-9H2,(H,20,21). The topological polar surface area (TPSA) is 78.8 Å². The van der Waals surface area contributed by atoms with E-state index in [4.69, 9.17) is 0 Å². The number of hydrogen-bond donors (Lipinski definition) is 2. The third kappa shape index (κ3) is 2.41. The summed E-state index contributed by atoms with van der Waals surface area (Å²) in [5.41, 5.74) is 2.98. The monoisotopic (exact) mass is 338 g/mol. The Morgan fingerprint density at radius 3 is 2.88 bits per heavy atom. The summed E-state index contributed by atoms with van der Waals surface area (Å²) >= 11 is 0. The maximum Gasteiger partial charge on any atom is 0.239 e. The van der Waals surface area contributed by atoms with Gasteiger partial charge in [0.05, 0.1) is 24.1 Å². The number of likely N-dealkylation sites (tertiary alicyclic amines) is 1. The molecule has 25 heavy (non-hydrogen) atoms. The fourth-order valence-corrected chi connectivity index (χ4v) is 4.29. The van der Waals surface area contributed by atoms with Gasteiger partial charge < -0.3 is 19.8 Å². The molecule has 2 N–H and O–H groups in total. The quantitative estimate of drug-likeness (QED) is 0.747. The van der Waals surface area contributed by atoms with Crippen LogP contribution in [0.4, 0.5) is 0 Å². The molecule has 3 aromatic rings. The Kier molecular flexibility index (Phi) is 3.48. The predicted octanol–water partition coefficient (Wildman–Crippen LogP) is 1.83. The normalized spacial score (nSPS) is 22.2. The second kappa shape index (κ2) is 5.84. The second-order valence-electron chi connectivity index (χ2n) is 7.09. The van der Waals surface area contributed by atoms with Crippen LogP contribution < -0.4 is 5.32 Å². The number of rotatable bonds is 2. The average Bonchev–Trinajstić information content (AvgIpc) is 3.40. The number of imidazole rings is 1. The van der Waals surface area contributed by atoms with Crippen LogP contribution in [0.25, 0.3) is 22.1 Å². The van der Waals surface area contributed by atoms with E-state index in [1.807, 2.05) is 23.6 Å². The molecule has 7 nitrogen and oxygen atoms in total. The van der Waals surface area contributed by atoms with Crippen molar-refractivity contribution < 1.29 is 4.79 Å². The van der Waals surface area contributed by atoms with E-state index in [0.29, 0.717) is 6.04 Å². The lowest BCUT2D eigenvalue weighted by Crippen LogP contribution is -2.47. The summed E-state index contributed by atoms with van der Waals surface area (Å²) < 4.78 is 2.28. The lowest BCUT2D eigenvalue weighted by molar-refractivity contribution is -0.134. The van der Waals surface area contributed by atoms with Gasteiger partial charge in [-0.05, 0) is 38.3 Å². The number of carbonyl (C=O) groups is 1. The number of nitrogens with zero attached hydrogens (tertiary/aromatic N) is 4. The number of carbonyl (C=O) groups excluding carboxylic acids is 1. The zero-order chi connectivity index (χ0) is 16.8. The first-order valence-corrected chi connectivity index (χ1v) is 9.12. The van der Waals surface area contributed by atoms with E-state index in [0.717, 1.165) is 67.4 Å². The Hall–Kier alpha value is -2.41. The number of hydrogen-bond acceptors (Lipinski definition) is 4. The van der Waals surface area contributed by atoms with Gasteiger partial charge in [0.1, 0.15) is 11.2 Å². The van der Waals surface area contributed by atoms with Crippen LogP contribution in [-0.2, 0) is 4.79 Å². The molecular formula is C18H22N6O. The van der Waals surface area contributed by atoms with Gasteiger partial charge in [-0.2, -0.15) is 0 Å². The number of amides is 1. The minimum Gasteiger partial charge on any atom is -0.346 e. The Bertz CT molecular complexity index is 914. The minimum absolute atomic E-state index is 0.0381. The summed E-state index contributed by atoms with van der Waals surface area (Å²) in [6, 6.07) is 2.48. The lowest BCUT2D eigenvalue weighted by Gasteiger charge is -2.34. The average molecular weight is 338 g/mol. The number of fused-ring (bicyclic) bond motifs is 3. The van der Waals surface area contributed by atoms with Gasteiger partial charge in [-0.3, -0.25) is 4.79 Å². The molecule has 1 atom stereocenters. The molecule has 0 radical (unpaired) electrons. The molecule has 7 heteroatoms. The third-order valence-corrected chi connectivity index (χ3v) is 5.65. The van der Waals surface area contributed by atoms with Gasteiger partial charge in [0.2, 0.25) is 5.91 Å². The molecule has 5 heterocycles. The largest absolute Gasteiger partial charge is 0.346 e. The summed E-state index contributed by atoms with van der Waals surface area (Å²) in [5.74, 6) is 0.281. The molecule has 0 aromatic carbocycles. The van der Waals surface area contributed by atoms with Crippen molar-refractivity contribution in [1.29, 1.82) is 0 Å². The second-order valence-corrected chi connectivity index (χ2v) is 7.09. The predicted molar refractivity (Wildman–Crippen MR) is 95.3 cm³/mol. The number of nitrogens with one attached hydrogen (secondary N) is 2. The van der Waals surface area contributed by atoms with Crippen LogP contribution in [0.2, 0.25) is 0 Å². The van der Waals surface area contributed by atoms with E-state index in [1.165, 1.54) is 0 Å². The molecule has 2 saturated heterocycles. The molecule has 0 saturated carbocycles. The van der Waals surface area contributed by atoms with Gasteiger partial charge in [-0.1, -0.05) is 0 Å². The molecule has 2 aliphatic heterocycles. The minimum atomic E-state index is 0.0381. The van der Waals surface area contributed by atoms with Crippen molar-refractivity contribution in [2.75, 3.05) is 19.6 Å². The van der Waals surface area contributed by atoms with Crippen molar-refractivity contribution in [3.8, 4) is 0 Å². The third-order valence-electron chi connectivity index (χ3n) is 5.65. The van der Waals surface area contributed by atoms with E-state index < -0.39 is 0 Å². The number of aromatic nitrogens is 4. The maximum atomic E-state index is 12.6. The Morgan fingerprint density at radius 2 is 2.08 bits per heavy atom. The summed E-state index contributed by atoms with van der Waals surface area (Å²) in [6.45, 7) is 2.61. The molecule has 0 aliphatic carbocycles. The van der Waals surface area contributed by atoms with Crippen molar-refractivity contribution in [3.05, 3.63) is 24.8 Å². The van der Waals surface area contributed by atoms with Crippen LogP contribution >= 0.6 is 0 Å². The smallest absolute Gasteiger partial charge is 0.239 e. The molecule has 1 unspecified atom stereocenters. The van der Waals surface area contributed by atoms with Crippen molar-refractivity contribution in [2.45, 2.75) is 37.8 Å². The summed E-state index contributed by atoms with van der Waals surface area (Å²) in [4.78, 5) is 26.7. The van der Waals surface area contributed by atoms with Crippen molar-refractivity contribution in [1.82, 2.24) is 29.7 Å². The Balaban J connectivity index is 1.38. The number of piperidine rings is 1. The highest BCUT2D eigenvalue weighted by Gasteiger charge is 2.30. The number of pyridine rings is 1. The molecule has 2 fully saturated rings. The van der Waals surface area contributed by atoms with E-state index in [-0.39, 0.29) is 11.9 Å². The Labute approximate surface area is 145 Å². The van der Waals surface area contributed by atoms with Crippen LogP contribution in [0.3, 0.4) is 0 Å². The summed E-state index contributed by atoms with van der Waals surface area (Å²) in [5, 5.41) is 4.43. The molecule has 0 spiro atoms.